The number of aromatic nitrogens is 2. The van der Waals surface area contributed by atoms with Crippen LogP contribution < -0.4 is 5.32 Å². The van der Waals surface area contributed by atoms with E-state index in [4.69, 9.17) is 27.9 Å². The maximum Gasteiger partial charge on any atom is 0.207 e. The first-order chi connectivity index (χ1) is 9.65. The van der Waals surface area contributed by atoms with Crippen molar-refractivity contribution in [2.24, 2.45) is 0 Å². The van der Waals surface area contributed by atoms with Crippen molar-refractivity contribution >= 4 is 45.1 Å². The molecule has 20 heavy (non-hydrogen) atoms. The Morgan fingerprint density at radius 1 is 1.35 bits per heavy atom. The van der Waals surface area contributed by atoms with E-state index in [0.29, 0.717) is 16.7 Å². The number of nitrogens with zero attached hydrogens (tertiary/aromatic N) is 2. The van der Waals surface area contributed by atoms with Crippen LogP contribution >= 0.6 is 39.1 Å². The van der Waals surface area contributed by atoms with E-state index < -0.39 is 0 Å². The standard InChI is InChI=1S/C13H14BrCl2N3O/c1-20-8-2-5-17-13-18-6-7-19(13)10-4-3-9(14)11(15)12(10)16/h3-4,6-7H,2,5,8H2,1H3,(H,17,18). The van der Waals surface area contributed by atoms with Gasteiger partial charge in [0.2, 0.25) is 5.95 Å². The Hall–Kier alpha value is -0.750. The van der Waals surface area contributed by atoms with Gasteiger partial charge in [-0.15, -0.1) is 0 Å². The summed E-state index contributed by atoms with van der Waals surface area (Å²) in [5.41, 5.74) is 0.784. The molecule has 0 atom stereocenters. The number of rotatable bonds is 6. The molecule has 2 aromatic rings. The summed E-state index contributed by atoms with van der Waals surface area (Å²) in [5, 5.41) is 4.22. The number of imidazole rings is 1. The first kappa shape index (κ1) is 15.6. The van der Waals surface area contributed by atoms with Crippen LogP contribution in [-0.4, -0.2) is 29.8 Å². The van der Waals surface area contributed by atoms with Crippen molar-refractivity contribution < 1.29 is 4.74 Å². The van der Waals surface area contributed by atoms with Gasteiger partial charge in [0.05, 0.1) is 15.7 Å². The summed E-state index contributed by atoms with van der Waals surface area (Å²) in [6.45, 7) is 1.48. The lowest BCUT2D eigenvalue weighted by Gasteiger charge is -2.12. The van der Waals surface area contributed by atoms with E-state index >= 15 is 0 Å². The highest BCUT2D eigenvalue weighted by Gasteiger charge is 2.12. The summed E-state index contributed by atoms with van der Waals surface area (Å²) in [7, 11) is 1.69. The van der Waals surface area contributed by atoms with Gasteiger partial charge in [-0.3, -0.25) is 4.57 Å². The normalized spacial score (nSPS) is 10.8. The van der Waals surface area contributed by atoms with Crippen LogP contribution in [-0.2, 0) is 4.74 Å². The van der Waals surface area contributed by atoms with E-state index in [0.717, 1.165) is 29.1 Å². The predicted octanol–water partition coefficient (Wildman–Crippen LogP) is 4.39. The number of methoxy groups -OCH3 is 1. The zero-order valence-electron chi connectivity index (χ0n) is 10.9. The third kappa shape index (κ3) is 3.47. The fraction of sp³-hybridized carbons (Fsp3) is 0.308. The second kappa shape index (κ2) is 7.31. The molecule has 4 nitrogen and oxygen atoms in total. The fourth-order valence-corrected chi connectivity index (χ4v) is 2.61. The van der Waals surface area contributed by atoms with Gasteiger partial charge < -0.3 is 10.1 Å². The number of benzene rings is 1. The fourth-order valence-electron chi connectivity index (χ4n) is 1.75. The van der Waals surface area contributed by atoms with Crippen LogP contribution in [0.2, 0.25) is 10.0 Å². The molecule has 0 spiro atoms. The molecule has 7 heteroatoms. The van der Waals surface area contributed by atoms with Gasteiger partial charge in [0.25, 0.3) is 0 Å². The SMILES string of the molecule is COCCCNc1nccn1-c1ccc(Br)c(Cl)c1Cl. The molecular formula is C13H14BrCl2N3O. The van der Waals surface area contributed by atoms with Crippen molar-refractivity contribution in [2.45, 2.75) is 6.42 Å². The molecule has 0 unspecified atom stereocenters. The molecule has 0 saturated carbocycles. The predicted molar refractivity (Wildman–Crippen MR) is 86.3 cm³/mol. The third-order valence-corrected chi connectivity index (χ3v) is 4.48. The monoisotopic (exact) mass is 377 g/mol. The molecule has 1 heterocycles. The van der Waals surface area contributed by atoms with Gasteiger partial charge in [-0.05, 0) is 34.5 Å². The first-order valence-corrected chi connectivity index (χ1v) is 7.60. The molecule has 0 saturated heterocycles. The molecule has 0 aliphatic carbocycles. The maximum atomic E-state index is 6.29. The zero-order chi connectivity index (χ0) is 14.5. The van der Waals surface area contributed by atoms with Crippen molar-refractivity contribution in [3.63, 3.8) is 0 Å². The van der Waals surface area contributed by atoms with E-state index in [1.165, 1.54) is 0 Å². The Balaban J connectivity index is 2.22. The van der Waals surface area contributed by atoms with Crippen LogP contribution in [0.25, 0.3) is 5.69 Å². The van der Waals surface area contributed by atoms with E-state index in [2.05, 4.69) is 26.2 Å². The Morgan fingerprint density at radius 2 is 2.15 bits per heavy atom. The van der Waals surface area contributed by atoms with Gasteiger partial charge in [-0.2, -0.15) is 0 Å². The first-order valence-electron chi connectivity index (χ1n) is 6.05. The molecule has 0 radical (unpaired) electrons. The molecule has 2 rings (SSSR count). The van der Waals surface area contributed by atoms with Gasteiger partial charge >= 0.3 is 0 Å². The topological polar surface area (TPSA) is 39.1 Å². The average molecular weight is 379 g/mol. The lowest BCUT2D eigenvalue weighted by atomic mass is 10.3. The van der Waals surface area contributed by atoms with Crippen LogP contribution in [0, 0.1) is 0 Å². The lowest BCUT2D eigenvalue weighted by molar-refractivity contribution is 0.197. The van der Waals surface area contributed by atoms with E-state index in [-0.39, 0.29) is 0 Å². The number of nitrogens with one attached hydrogen (secondary N) is 1. The van der Waals surface area contributed by atoms with Crippen LogP contribution in [0.1, 0.15) is 6.42 Å². The Morgan fingerprint density at radius 3 is 2.90 bits per heavy atom. The third-order valence-electron chi connectivity index (χ3n) is 2.72. The van der Waals surface area contributed by atoms with Crippen molar-refractivity contribution in [2.75, 3.05) is 25.6 Å². The van der Waals surface area contributed by atoms with Crippen molar-refractivity contribution in [1.29, 1.82) is 0 Å². The van der Waals surface area contributed by atoms with E-state index in [9.17, 15) is 0 Å². The number of hydrogen-bond donors (Lipinski definition) is 1. The van der Waals surface area contributed by atoms with Crippen LogP contribution in [0.15, 0.2) is 29.0 Å². The summed E-state index contributed by atoms with van der Waals surface area (Å²) in [6.07, 6.45) is 4.45. The van der Waals surface area contributed by atoms with Gasteiger partial charge in [-0.25, -0.2) is 4.98 Å². The average Bonchev–Trinajstić information content (AvgIpc) is 2.89. The molecule has 1 aromatic carbocycles. The molecule has 0 fully saturated rings. The smallest absolute Gasteiger partial charge is 0.207 e. The highest BCUT2D eigenvalue weighted by molar-refractivity contribution is 9.10. The molecular weight excluding hydrogens is 365 g/mol. The quantitative estimate of drug-likeness (QED) is 0.598. The highest BCUT2D eigenvalue weighted by Crippen LogP contribution is 2.35. The van der Waals surface area contributed by atoms with Gasteiger partial charge in [0.1, 0.15) is 0 Å². The van der Waals surface area contributed by atoms with Crippen molar-refractivity contribution in [1.82, 2.24) is 9.55 Å². The summed E-state index contributed by atoms with van der Waals surface area (Å²) < 4.78 is 7.65. The van der Waals surface area contributed by atoms with Gasteiger partial charge in [0, 0.05) is 37.1 Å². The largest absolute Gasteiger partial charge is 0.385 e. The molecule has 0 bridgehead atoms. The van der Waals surface area contributed by atoms with Gasteiger partial charge in [-0.1, -0.05) is 23.2 Å². The summed E-state index contributed by atoms with van der Waals surface area (Å²) >= 11 is 15.8. The highest BCUT2D eigenvalue weighted by atomic mass is 79.9. The number of hydrogen-bond acceptors (Lipinski definition) is 3. The van der Waals surface area contributed by atoms with E-state index in [1.807, 2.05) is 22.9 Å². The summed E-state index contributed by atoms with van der Waals surface area (Å²) in [4.78, 5) is 4.28. The number of ether oxygens (including phenoxy) is 1. The number of halogens is 3. The van der Waals surface area contributed by atoms with Crippen LogP contribution in [0.3, 0.4) is 0 Å². The summed E-state index contributed by atoms with van der Waals surface area (Å²) in [5.74, 6) is 0.724. The lowest BCUT2D eigenvalue weighted by Crippen LogP contribution is -2.09. The molecule has 108 valence electrons. The van der Waals surface area contributed by atoms with E-state index in [1.54, 1.807) is 13.3 Å². The Bertz CT molecular complexity index is 589. The van der Waals surface area contributed by atoms with Gasteiger partial charge in [0.15, 0.2) is 0 Å². The minimum Gasteiger partial charge on any atom is -0.385 e. The Labute approximate surface area is 136 Å². The molecule has 0 amide bonds. The molecule has 0 aliphatic rings. The summed E-state index contributed by atoms with van der Waals surface area (Å²) in [6, 6.07) is 3.75. The number of anilines is 1. The van der Waals surface area contributed by atoms with Crippen LogP contribution in [0.5, 0.6) is 0 Å². The Kier molecular flexibility index (Phi) is 5.72. The molecule has 1 aromatic heterocycles. The van der Waals surface area contributed by atoms with Crippen molar-refractivity contribution in [3.8, 4) is 5.69 Å². The van der Waals surface area contributed by atoms with Crippen LogP contribution in [0.4, 0.5) is 5.95 Å². The minimum atomic E-state index is 0.485. The second-order valence-electron chi connectivity index (χ2n) is 4.09. The molecule has 0 aliphatic heterocycles. The molecule has 1 N–H and O–H groups in total. The maximum absolute atomic E-state index is 6.29. The second-order valence-corrected chi connectivity index (χ2v) is 5.70. The minimum absolute atomic E-state index is 0.485. The van der Waals surface area contributed by atoms with Crippen molar-refractivity contribution in [3.05, 3.63) is 39.0 Å². The zero-order valence-corrected chi connectivity index (χ0v) is 14.0.